The van der Waals surface area contributed by atoms with E-state index in [-0.39, 0.29) is 11.5 Å². The highest BCUT2D eigenvalue weighted by atomic mass is 19.1. The molecule has 0 radical (unpaired) electrons. The molecule has 7 nitrogen and oxygen atoms in total. The number of guanidine groups is 1. The number of rotatable bonds is 2. The molecule has 0 spiro atoms. The van der Waals surface area contributed by atoms with Gasteiger partial charge >= 0.3 is 12.2 Å². The van der Waals surface area contributed by atoms with Gasteiger partial charge in [0, 0.05) is 5.56 Å². The molecule has 1 aromatic rings. The van der Waals surface area contributed by atoms with E-state index in [0.29, 0.717) is 0 Å². The normalized spacial score (nSPS) is 11.4. The smallest absolute Gasteiger partial charge is 0.414 e. The summed E-state index contributed by atoms with van der Waals surface area (Å²) in [7, 11) is 0. The lowest BCUT2D eigenvalue weighted by Gasteiger charge is -2.22. The number of amides is 2. The van der Waals surface area contributed by atoms with Crippen LogP contribution in [0.5, 0.6) is 0 Å². The summed E-state index contributed by atoms with van der Waals surface area (Å²) in [6.07, 6.45) is -1.79. The number of hydrogen-bond acceptors (Lipinski definition) is 5. The van der Waals surface area contributed by atoms with Crippen molar-refractivity contribution in [3.05, 3.63) is 35.4 Å². The van der Waals surface area contributed by atoms with Gasteiger partial charge in [0.25, 0.3) is 0 Å². The van der Waals surface area contributed by atoms with E-state index in [2.05, 4.69) is 15.6 Å². The van der Waals surface area contributed by atoms with Crippen LogP contribution in [-0.2, 0) is 16.0 Å². The SMILES string of the molecule is CC(C)(C)OC(=O)NC(=NCc1c(F)cccc1F)NC(=O)OC(C)(C)C. The van der Waals surface area contributed by atoms with Crippen LogP contribution in [0.1, 0.15) is 47.1 Å². The van der Waals surface area contributed by atoms with E-state index in [0.717, 1.165) is 12.1 Å². The molecule has 0 saturated carbocycles. The molecule has 150 valence electrons. The Morgan fingerprint density at radius 1 is 0.926 bits per heavy atom. The second-order valence-corrected chi connectivity index (χ2v) is 7.62. The highest BCUT2D eigenvalue weighted by molar-refractivity contribution is 6.01. The Hall–Kier alpha value is -2.71. The minimum Gasteiger partial charge on any atom is -0.444 e. The Kier molecular flexibility index (Phi) is 7.27. The molecule has 9 heteroatoms. The summed E-state index contributed by atoms with van der Waals surface area (Å²) in [5, 5.41) is 4.46. The van der Waals surface area contributed by atoms with Gasteiger partial charge in [-0.1, -0.05) is 6.07 Å². The molecule has 0 saturated heterocycles. The van der Waals surface area contributed by atoms with Gasteiger partial charge in [-0.2, -0.15) is 0 Å². The number of ether oxygens (including phenoxy) is 2. The Bertz CT molecular complexity index is 670. The van der Waals surface area contributed by atoms with E-state index in [4.69, 9.17) is 9.47 Å². The first-order chi connectivity index (χ1) is 12.3. The quantitative estimate of drug-likeness (QED) is 0.597. The van der Waals surface area contributed by atoms with Crippen LogP contribution in [-0.4, -0.2) is 29.3 Å². The standard InChI is InChI=1S/C18H25F2N3O4/c1-17(2,3)26-15(24)22-14(23-16(25)27-18(4,5)6)21-10-11-12(19)8-7-9-13(11)20/h7-9H,10H2,1-6H3,(H2,21,22,23,24,25). The fourth-order valence-corrected chi connectivity index (χ4v) is 1.75. The van der Waals surface area contributed by atoms with E-state index in [9.17, 15) is 18.4 Å². The van der Waals surface area contributed by atoms with Gasteiger partial charge in [-0.25, -0.2) is 23.4 Å². The van der Waals surface area contributed by atoms with Crippen molar-refractivity contribution in [2.24, 2.45) is 4.99 Å². The molecule has 1 rings (SSSR count). The third kappa shape index (κ3) is 8.98. The topological polar surface area (TPSA) is 89.0 Å². The number of aliphatic imine (C=N–C) groups is 1. The van der Waals surface area contributed by atoms with Crippen LogP contribution in [0, 0.1) is 11.6 Å². The molecule has 1 aromatic carbocycles. The number of nitrogens with zero attached hydrogens (tertiary/aromatic N) is 1. The molecule has 0 aliphatic carbocycles. The number of halogens is 2. The molecule has 27 heavy (non-hydrogen) atoms. The van der Waals surface area contributed by atoms with Gasteiger partial charge in [0.05, 0.1) is 6.54 Å². The first-order valence-corrected chi connectivity index (χ1v) is 8.24. The molecule has 0 heterocycles. The highest BCUT2D eigenvalue weighted by Crippen LogP contribution is 2.13. The van der Waals surface area contributed by atoms with Gasteiger partial charge in [0.2, 0.25) is 5.96 Å². The summed E-state index contributed by atoms with van der Waals surface area (Å²) in [5.41, 5.74) is -1.90. The summed E-state index contributed by atoms with van der Waals surface area (Å²) in [6, 6.07) is 3.38. The zero-order valence-electron chi connectivity index (χ0n) is 16.3. The summed E-state index contributed by atoms with van der Waals surface area (Å²) >= 11 is 0. The van der Waals surface area contributed by atoms with Crippen LogP contribution in [0.15, 0.2) is 23.2 Å². The van der Waals surface area contributed by atoms with E-state index < -0.39 is 41.6 Å². The van der Waals surface area contributed by atoms with Gasteiger partial charge < -0.3 is 9.47 Å². The fourth-order valence-electron chi connectivity index (χ4n) is 1.75. The van der Waals surface area contributed by atoms with Crippen LogP contribution in [0.3, 0.4) is 0 Å². The Morgan fingerprint density at radius 2 is 1.33 bits per heavy atom. The van der Waals surface area contributed by atoms with Gasteiger partial charge in [0.1, 0.15) is 22.8 Å². The minimum absolute atomic E-state index is 0.313. The van der Waals surface area contributed by atoms with Crippen LogP contribution in [0.4, 0.5) is 18.4 Å². The Labute approximate surface area is 157 Å². The van der Waals surface area contributed by atoms with Crippen molar-refractivity contribution in [3.63, 3.8) is 0 Å². The maximum atomic E-state index is 13.7. The Balaban J connectivity index is 2.98. The minimum atomic E-state index is -0.897. The fraction of sp³-hybridized carbons (Fsp3) is 0.500. The van der Waals surface area contributed by atoms with E-state index in [1.807, 2.05) is 0 Å². The monoisotopic (exact) mass is 385 g/mol. The molecule has 0 bridgehead atoms. The molecule has 2 N–H and O–H groups in total. The lowest BCUT2D eigenvalue weighted by molar-refractivity contribution is 0.0545. The average molecular weight is 385 g/mol. The van der Waals surface area contributed by atoms with Crippen LogP contribution >= 0.6 is 0 Å². The number of carbonyl (C=O) groups excluding carboxylic acids is 2. The van der Waals surface area contributed by atoms with Crippen LogP contribution < -0.4 is 10.6 Å². The largest absolute Gasteiger partial charge is 0.444 e. The van der Waals surface area contributed by atoms with E-state index in [1.165, 1.54) is 6.07 Å². The second-order valence-electron chi connectivity index (χ2n) is 7.62. The third-order valence-corrected chi connectivity index (χ3v) is 2.70. The van der Waals surface area contributed by atoms with E-state index >= 15 is 0 Å². The van der Waals surface area contributed by atoms with Crippen molar-refractivity contribution in [2.45, 2.75) is 59.3 Å². The highest BCUT2D eigenvalue weighted by Gasteiger charge is 2.21. The molecular weight excluding hydrogens is 360 g/mol. The zero-order chi connectivity index (χ0) is 20.8. The second kappa shape index (κ2) is 8.79. The lowest BCUT2D eigenvalue weighted by Crippen LogP contribution is -2.47. The molecule has 2 amide bonds. The van der Waals surface area contributed by atoms with Crippen LogP contribution in [0.2, 0.25) is 0 Å². The molecular formula is C18H25F2N3O4. The van der Waals surface area contributed by atoms with Gasteiger partial charge in [-0.15, -0.1) is 0 Å². The number of alkyl carbamates (subject to hydrolysis) is 2. The maximum absolute atomic E-state index is 13.7. The van der Waals surface area contributed by atoms with Crippen molar-refractivity contribution >= 4 is 18.1 Å². The first-order valence-electron chi connectivity index (χ1n) is 8.24. The van der Waals surface area contributed by atoms with Crippen molar-refractivity contribution in [1.82, 2.24) is 10.6 Å². The summed E-state index contributed by atoms with van der Waals surface area (Å²) in [4.78, 5) is 27.7. The van der Waals surface area contributed by atoms with Gasteiger partial charge in [-0.05, 0) is 53.7 Å². The number of hydrogen-bond donors (Lipinski definition) is 2. The summed E-state index contributed by atoms with van der Waals surface area (Å²) in [6.45, 7) is 9.45. The molecule has 0 fully saturated rings. The zero-order valence-corrected chi connectivity index (χ0v) is 16.3. The third-order valence-electron chi connectivity index (χ3n) is 2.70. The maximum Gasteiger partial charge on any atom is 0.414 e. The van der Waals surface area contributed by atoms with Crippen molar-refractivity contribution < 1.29 is 27.8 Å². The Morgan fingerprint density at radius 3 is 1.70 bits per heavy atom. The lowest BCUT2D eigenvalue weighted by atomic mass is 10.2. The predicted molar refractivity (Wildman–Crippen MR) is 96.2 cm³/mol. The predicted octanol–water partition coefficient (Wildman–Crippen LogP) is 3.87. The summed E-state index contributed by atoms with van der Waals surface area (Å²) < 4.78 is 37.6. The van der Waals surface area contributed by atoms with Crippen molar-refractivity contribution in [2.75, 3.05) is 0 Å². The average Bonchev–Trinajstić information content (AvgIpc) is 2.42. The van der Waals surface area contributed by atoms with E-state index in [1.54, 1.807) is 41.5 Å². The first kappa shape index (κ1) is 22.3. The molecule has 0 unspecified atom stereocenters. The van der Waals surface area contributed by atoms with Crippen LogP contribution in [0.25, 0.3) is 0 Å². The van der Waals surface area contributed by atoms with Gasteiger partial charge in [0.15, 0.2) is 0 Å². The molecule has 0 aromatic heterocycles. The number of nitrogens with one attached hydrogen (secondary N) is 2. The molecule has 0 aliphatic heterocycles. The summed E-state index contributed by atoms with van der Waals surface area (Å²) in [5.74, 6) is -1.96. The number of benzene rings is 1. The number of carbonyl (C=O) groups is 2. The van der Waals surface area contributed by atoms with Gasteiger partial charge in [-0.3, -0.25) is 10.6 Å². The molecule has 0 atom stereocenters. The van der Waals surface area contributed by atoms with Crippen molar-refractivity contribution in [3.8, 4) is 0 Å². The molecule has 0 aliphatic rings. The van der Waals surface area contributed by atoms with Crippen molar-refractivity contribution in [1.29, 1.82) is 0 Å².